The van der Waals surface area contributed by atoms with Gasteiger partial charge >= 0.3 is 0 Å². The molecule has 4 nitrogen and oxygen atoms in total. The van der Waals surface area contributed by atoms with E-state index in [1.807, 2.05) is 31.2 Å². The predicted octanol–water partition coefficient (Wildman–Crippen LogP) is 2.05. The van der Waals surface area contributed by atoms with E-state index in [4.69, 9.17) is 10.00 Å². The minimum absolute atomic E-state index is 0.0535. The summed E-state index contributed by atoms with van der Waals surface area (Å²) >= 11 is 0. The zero-order valence-corrected chi connectivity index (χ0v) is 10.8. The van der Waals surface area contributed by atoms with E-state index in [-0.39, 0.29) is 11.9 Å². The number of rotatable bonds is 6. The topological polar surface area (TPSA) is 62.1 Å². The summed E-state index contributed by atoms with van der Waals surface area (Å²) in [6, 6.07) is 9.40. The molecule has 1 amide bonds. The molecule has 4 heteroatoms. The first-order valence-electron chi connectivity index (χ1n) is 5.98. The number of methoxy groups -OCH3 is 1. The van der Waals surface area contributed by atoms with E-state index in [1.165, 1.54) is 0 Å². The first-order chi connectivity index (χ1) is 8.69. The van der Waals surface area contributed by atoms with Crippen molar-refractivity contribution in [2.45, 2.75) is 32.2 Å². The van der Waals surface area contributed by atoms with E-state index in [1.54, 1.807) is 7.11 Å². The minimum Gasteiger partial charge on any atom is -0.497 e. The third-order valence-electron chi connectivity index (χ3n) is 2.72. The minimum atomic E-state index is -0.0549. The average molecular weight is 246 g/mol. The first-order valence-corrected chi connectivity index (χ1v) is 5.98. The molecule has 18 heavy (non-hydrogen) atoms. The van der Waals surface area contributed by atoms with Gasteiger partial charge in [-0.25, -0.2) is 0 Å². The van der Waals surface area contributed by atoms with Crippen LogP contribution in [0.15, 0.2) is 24.3 Å². The zero-order valence-electron chi connectivity index (χ0n) is 10.8. The van der Waals surface area contributed by atoms with Gasteiger partial charge in [0.1, 0.15) is 5.75 Å². The number of nitrogens with zero attached hydrogens (tertiary/aromatic N) is 1. The molecular formula is C14H18N2O2. The Hall–Kier alpha value is -2.02. The van der Waals surface area contributed by atoms with Gasteiger partial charge in [-0.2, -0.15) is 5.26 Å². The molecule has 1 aromatic carbocycles. The van der Waals surface area contributed by atoms with Crippen molar-refractivity contribution in [2.75, 3.05) is 7.11 Å². The number of nitriles is 1. The van der Waals surface area contributed by atoms with E-state index in [2.05, 4.69) is 11.4 Å². The van der Waals surface area contributed by atoms with Crippen molar-refractivity contribution in [3.05, 3.63) is 29.8 Å². The van der Waals surface area contributed by atoms with Crippen molar-refractivity contribution in [3.8, 4) is 11.8 Å². The Morgan fingerprint density at radius 1 is 1.44 bits per heavy atom. The van der Waals surface area contributed by atoms with Crippen molar-refractivity contribution in [2.24, 2.45) is 0 Å². The highest BCUT2D eigenvalue weighted by atomic mass is 16.5. The smallest absolute Gasteiger partial charge is 0.224 e. The van der Waals surface area contributed by atoms with E-state index in [0.717, 1.165) is 17.7 Å². The molecule has 96 valence electrons. The molecule has 1 unspecified atom stereocenters. The van der Waals surface area contributed by atoms with Gasteiger partial charge in [0.25, 0.3) is 0 Å². The van der Waals surface area contributed by atoms with E-state index in [9.17, 15) is 4.79 Å². The van der Waals surface area contributed by atoms with Crippen LogP contribution >= 0.6 is 0 Å². The molecule has 1 N–H and O–H groups in total. The van der Waals surface area contributed by atoms with Crippen LogP contribution in [0.3, 0.4) is 0 Å². The Morgan fingerprint density at radius 2 is 2.11 bits per heavy atom. The number of ether oxygens (including phenoxy) is 1. The maximum absolute atomic E-state index is 11.8. The Bertz CT molecular complexity index is 420. The fraction of sp³-hybridized carbons (Fsp3) is 0.429. The molecule has 0 bridgehead atoms. The van der Waals surface area contributed by atoms with Gasteiger partial charge in [0.2, 0.25) is 5.91 Å². The van der Waals surface area contributed by atoms with Crippen LogP contribution in [0.5, 0.6) is 5.75 Å². The fourth-order valence-electron chi connectivity index (χ4n) is 1.62. The van der Waals surface area contributed by atoms with Crippen LogP contribution in [0.2, 0.25) is 0 Å². The van der Waals surface area contributed by atoms with Gasteiger partial charge in [-0.05, 0) is 24.1 Å². The summed E-state index contributed by atoms with van der Waals surface area (Å²) < 4.78 is 5.05. The third kappa shape index (κ3) is 4.46. The second-order valence-electron chi connectivity index (χ2n) is 4.06. The maximum Gasteiger partial charge on any atom is 0.224 e. The molecule has 0 fully saturated rings. The SMILES string of the molecule is CCC(CC#N)NC(=O)Cc1ccc(OC)cc1. The lowest BCUT2D eigenvalue weighted by Crippen LogP contribution is -2.35. The molecule has 0 radical (unpaired) electrons. The molecule has 0 aliphatic heterocycles. The number of nitrogens with one attached hydrogen (secondary N) is 1. The lowest BCUT2D eigenvalue weighted by Gasteiger charge is -2.13. The molecule has 0 saturated carbocycles. The third-order valence-corrected chi connectivity index (χ3v) is 2.72. The highest BCUT2D eigenvalue weighted by Crippen LogP contribution is 2.11. The summed E-state index contributed by atoms with van der Waals surface area (Å²) in [5.41, 5.74) is 0.931. The summed E-state index contributed by atoms with van der Waals surface area (Å²) in [4.78, 5) is 11.8. The van der Waals surface area contributed by atoms with Crippen molar-refractivity contribution in [1.82, 2.24) is 5.32 Å². The zero-order chi connectivity index (χ0) is 13.4. The average Bonchev–Trinajstić information content (AvgIpc) is 2.39. The second kappa shape index (κ2) is 7.33. The van der Waals surface area contributed by atoms with Crippen LogP contribution in [0, 0.1) is 11.3 Å². The molecule has 0 aliphatic rings. The molecule has 1 aromatic rings. The number of hydrogen-bond acceptors (Lipinski definition) is 3. The van der Waals surface area contributed by atoms with Crippen LogP contribution in [0.4, 0.5) is 0 Å². The Balaban J connectivity index is 2.50. The highest BCUT2D eigenvalue weighted by Gasteiger charge is 2.10. The quantitative estimate of drug-likeness (QED) is 0.835. The van der Waals surface area contributed by atoms with Crippen LogP contribution in [-0.4, -0.2) is 19.1 Å². The molecule has 0 saturated heterocycles. The lowest BCUT2D eigenvalue weighted by atomic mass is 10.1. The Kier molecular flexibility index (Phi) is 5.72. The second-order valence-corrected chi connectivity index (χ2v) is 4.06. The van der Waals surface area contributed by atoms with Gasteiger partial charge in [-0.15, -0.1) is 0 Å². The predicted molar refractivity (Wildman–Crippen MR) is 69.1 cm³/mol. The molecule has 0 spiro atoms. The molecular weight excluding hydrogens is 228 g/mol. The highest BCUT2D eigenvalue weighted by molar-refractivity contribution is 5.78. The Labute approximate surface area is 108 Å². The van der Waals surface area contributed by atoms with Crippen LogP contribution < -0.4 is 10.1 Å². The summed E-state index contributed by atoms with van der Waals surface area (Å²) in [6.45, 7) is 1.95. The van der Waals surface area contributed by atoms with Crippen LogP contribution in [0.1, 0.15) is 25.3 Å². The number of hydrogen-bond donors (Lipinski definition) is 1. The Morgan fingerprint density at radius 3 is 2.61 bits per heavy atom. The molecule has 0 aliphatic carbocycles. The van der Waals surface area contributed by atoms with Gasteiger partial charge in [-0.3, -0.25) is 4.79 Å². The molecule has 1 atom stereocenters. The standard InChI is InChI=1S/C14H18N2O2/c1-3-12(8-9-15)16-14(17)10-11-4-6-13(18-2)7-5-11/h4-7,12H,3,8,10H2,1-2H3,(H,16,17). The largest absolute Gasteiger partial charge is 0.497 e. The van der Waals surface area contributed by atoms with Crippen molar-refractivity contribution >= 4 is 5.91 Å². The van der Waals surface area contributed by atoms with Gasteiger partial charge in [0, 0.05) is 6.04 Å². The van der Waals surface area contributed by atoms with Gasteiger partial charge in [0.05, 0.1) is 26.0 Å². The number of carbonyl (C=O) groups excluding carboxylic acids is 1. The fourth-order valence-corrected chi connectivity index (χ4v) is 1.62. The molecule has 1 rings (SSSR count). The normalized spacial score (nSPS) is 11.4. The van der Waals surface area contributed by atoms with Crippen LogP contribution in [0.25, 0.3) is 0 Å². The molecule has 0 aromatic heterocycles. The molecule has 0 heterocycles. The summed E-state index contributed by atoms with van der Waals surface area (Å²) in [7, 11) is 1.61. The van der Waals surface area contributed by atoms with Gasteiger partial charge in [0.15, 0.2) is 0 Å². The van der Waals surface area contributed by atoms with Crippen molar-refractivity contribution in [1.29, 1.82) is 5.26 Å². The maximum atomic E-state index is 11.8. The van der Waals surface area contributed by atoms with Crippen LogP contribution in [-0.2, 0) is 11.2 Å². The lowest BCUT2D eigenvalue weighted by molar-refractivity contribution is -0.121. The van der Waals surface area contributed by atoms with Crippen molar-refractivity contribution < 1.29 is 9.53 Å². The monoisotopic (exact) mass is 246 g/mol. The number of carbonyl (C=O) groups is 1. The first kappa shape index (κ1) is 14.0. The summed E-state index contributed by atoms with van der Waals surface area (Å²) in [6.07, 6.45) is 1.44. The van der Waals surface area contributed by atoms with E-state index in [0.29, 0.717) is 12.8 Å². The number of benzene rings is 1. The summed E-state index contributed by atoms with van der Waals surface area (Å²) in [5.74, 6) is 0.720. The van der Waals surface area contributed by atoms with Gasteiger partial charge < -0.3 is 10.1 Å². The van der Waals surface area contributed by atoms with Crippen molar-refractivity contribution in [3.63, 3.8) is 0 Å². The van der Waals surface area contributed by atoms with E-state index < -0.39 is 0 Å². The van der Waals surface area contributed by atoms with E-state index >= 15 is 0 Å². The summed E-state index contributed by atoms with van der Waals surface area (Å²) in [5, 5.41) is 11.5. The number of amides is 1. The van der Waals surface area contributed by atoms with Gasteiger partial charge in [-0.1, -0.05) is 19.1 Å².